The minimum atomic E-state index is -0.793. The van der Waals surface area contributed by atoms with E-state index < -0.39 is 6.10 Å². The quantitative estimate of drug-likeness (QED) is 0.0261. The molecule has 0 bridgehead atoms. The lowest BCUT2D eigenvalue weighted by atomic mass is 10.0. The van der Waals surface area contributed by atoms with Gasteiger partial charge in [0.25, 0.3) is 0 Å². The molecule has 0 aliphatic carbocycles. The van der Waals surface area contributed by atoms with Crippen LogP contribution in [0.25, 0.3) is 0 Å². The monoisotopic (exact) mass is 1100 g/mol. The third-order valence-electron chi connectivity index (χ3n) is 14.9. The number of rotatable bonds is 62. The fourth-order valence-electron chi connectivity index (χ4n) is 9.80. The molecule has 79 heavy (non-hydrogen) atoms. The van der Waals surface area contributed by atoms with Crippen LogP contribution in [0.4, 0.5) is 0 Å². The number of unbranched alkanes of at least 4 members (excludes halogenated alkanes) is 37. The summed E-state index contributed by atoms with van der Waals surface area (Å²) in [5.41, 5.74) is 0. The summed E-state index contributed by atoms with van der Waals surface area (Å²) >= 11 is 0. The van der Waals surface area contributed by atoms with E-state index in [4.69, 9.17) is 14.2 Å². The van der Waals surface area contributed by atoms with Crippen molar-refractivity contribution in [2.45, 2.75) is 348 Å². The normalized spacial score (nSPS) is 12.6. The summed E-state index contributed by atoms with van der Waals surface area (Å²) in [6, 6.07) is 0. The van der Waals surface area contributed by atoms with Crippen molar-refractivity contribution in [1.29, 1.82) is 0 Å². The van der Waals surface area contributed by atoms with Crippen molar-refractivity contribution < 1.29 is 28.6 Å². The van der Waals surface area contributed by atoms with Crippen molar-refractivity contribution in [2.24, 2.45) is 0 Å². The van der Waals surface area contributed by atoms with Gasteiger partial charge in [0, 0.05) is 19.3 Å². The van der Waals surface area contributed by atoms with Gasteiger partial charge in [-0.1, -0.05) is 311 Å². The van der Waals surface area contributed by atoms with E-state index in [0.717, 1.165) is 103 Å². The van der Waals surface area contributed by atoms with Gasteiger partial charge in [0.1, 0.15) is 13.2 Å². The molecule has 0 rings (SSSR count). The highest BCUT2D eigenvalue weighted by molar-refractivity contribution is 5.71. The second-order valence-corrected chi connectivity index (χ2v) is 22.7. The molecular weight excluding hydrogens is 973 g/mol. The average Bonchev–Trinajstić information content (AvgIpc) is 3.45. The van der Waals surface area contributed by atoms with Gasteiger partial charge in [-0.2, -0.15) is 0 Å². The number of carbonyl (C=O) groups is 3. The largest absolute Gasteiger partial charge is 0.462 e. The van der Waals surface area contributed by atoms with E-state index in [0.29, 0.717) is 19.3 Å². The first-order valence-electron chi connectivity index (χ1n) is 34.1. The number of ether oxygens (including phenoxy) is 3. The molecule has 456 valence electrons. The predicted molar refractivity (Wildman–Crippen MR) is 344 cm³/mol. The molecule has 0 aromatic rings. The van der Waals surface area contributed by atoms with E-state index in [-0.39, 0.29) is 31.1 Å². The third-order valence-corrected chi connectivity index (χ3v) is 14.9. The molecule has 0 radical (unpaired) electrons. The Morgan fingerprint density at radius 2 is 0.494 bits per heavy atom. The Morgan fingerprint density at radius 3 is 0.785 bits per heavy atom. The Labute approximate surface area is 490 Å². The molecule has 0 aromatic heterocycles. The zero-order valence-electron chi connectivity index (χ0n) is 52.4. The molecule has 0 aliphatic rings. The van der Waals surface area contributed by atoms with Gasteiger partial charge in [-0.25, -0.2) is 0 Å². The number of hydrogen-bond acceptors (Lipinski definition) is 6. The van der Waals surface area contributed by atoms with Crippen molar-refractivity contribution in [3.05, 3.63) is 85.1 Å². The smallest absolute Gasteiger partial charge is 0.306 e. The Hall–Kier alpha value is -3.41. The van der Waals surface area contributed by atoms with Crippen LogP contribution in [-0.4, -0.2) is 37.2 Å². The van der Waals surface area contributed by atoms with Gasteiger partial charge < -0.3 is 14.2 Å². The highest BCUT2D eigenvalue weighted by atomic mass is 16.6. The van der Waals surface area contributed by atoms with Gasteiger partial charge in [0.15, 0.2) is 6.10 Å². The number of allylic oxidation sites excluding steroid dienone is 14. The summed E-state index contributed by atoms with van der Waals surface area (Å²) in [6.07, 6.45) is 88.8. The Kier molecular flexibility index (Phi) is 64.2. The lowest BCUT2D eigenvalue weighted by molar-refractivity contribution is -0.167. The standard InChI is InChI=1S/C73H128O6/c1-4-7-10-13-16-19-22-25-28-31-34-36-39-42-45-48-51-54-57-60-63-66-72(75)78-69-70(68-77-71(74)65-62-59-56-53-50-47-44-41-38-33-30-27-24-21-18-15-12-9-6-3)79-73(76)67-64-61-58-55-52-49-46-43-40-37-35-32-29-26-23-20-17-14-11-8-5-2/h9,12,18,21-22,25,27,30-31,34,38,41,47,50,70H,4-8,10-11,13-17,19-20,23-24,26,28-29,32-33,35-37,39-40,42-46,48-49,51-69H2,1-3H3/b12-9-,21-18-,25-22-,30-27-,34-31-,41-38-,50-47-. The molecule has 0 saturated carbocycles. The molecule has 0 fully saturated rings. The summed E-state index contributed by atoms with van der Waals surface area (Å²) in [7, 11) is 0. The highest BCUT2D eigenvalue weighted by Gasteiger charge is 2.19. The maximum atomic E-state index is 13.0. The van der Waals surface area contributed by atoms with Crippen molar-refractivity contribution in [3.8, 4) is 0 Å². The summed E-state index contributed by atoms with van der Waals surface area (Å²) in [5.74, 6) is -0.905. The molecule has 0 heterocycles. The van der Waals surface area contributed by atoms with E-state index in [1.165, 1.54) is 199 Å². The lowest BCUT2D eigenvalue weighted by Crippen LogP contribution is -2.30. The van der Waals surface area contributed by atoms with Crippen LogP contribution >= 0.6 is 0 Å². The van der Waals surface area contributed by atoms with Crippen molar-refractivity contribution >= 4 is 17.9 Å². The van der Waals surface area contributed by atoms with Crippen LogP contribution in [0, 0.1) is 0 Å². The summed E-state index contributed by atoms with van der Waals surface area (Å²) < 4.78 is 17.0. The molecule has 6 nitrogen and oxygen atoms in total. The number of esters is 3. The second kappa shape index (κ2) is 67.1. The molecule has 0 N–H and O–H groups in total. The summed E-state index contributed by atoms with van der Waals surface area (Å²) in [4.78, 5) is 38.4. The number of carbonyl (C=O) groups excluding carboxylic acids is 3. The van der Waals surface area contributed by atoms with Gasteiger partial charge in [-0.15, -0.1) is 0 Å². The maximum absolute atomic E-state index is 13.0. The number of hydrogen-bond donors (Lipinski definition) is 0. The molecule has 1 unspecified atom stereocenters. The van der Waals surface area contributed by atoms with Crippen molar-refractivity contribution in [2.75, 3.05) is 13.2 Å². The highest BCUT2D eigenvalue weighted by Crippen LogP contribution is 2.17. The molecule has 0 spiro atoms. The van der Waals surface area contributed by atoms with Crippen LogP contribution in [-0.2, 0) is 28.6 Å². The maximum Gasteiger partial charge on any atom is 0.306 e. The van der Waals surface area contributed by atoms with Crippen molar-refractivity contribution in [1.82, 2.24) is 0 Å². The van der Waals surface area contributed by atoms with Crippen LogP contribution in [0.5, 0.6) is 0 Å². The fourth-order valence-corrected chi connectivity index (χ4v) is 9.80. The van der Waals surface area contributed by atoms with E-state index in [1.807, 2.05) is 0 Å². The predicted octanol–water partition coefficient (Wildman–Crippen LogP) is 23.4. The summed E-state index contributed by atoms with van der Waals surface area (Å²) in [5, 5.41) is 0. The third kappa shape index (κ3) is 65.3. The Balaban J connectivity index is 4.41. The lowest BCUT2D eigenvalue weighted by Gasteiger charge is -2.18. The van der Waals surface area contributed by atoms with Crippen LogP contribution in [0.15, 0.2) is 85.1 Å². The molecule has 0 amide bonds. The van der Waals surface area contributed by atoms with Gasteiger partial charge >= 0.3 is 17.9 Å². The first kappa shape index (κ1) is 75.6. The molecular formula is C73H128O6. The molecule has 1 atom stereocenters. The van der Waals surface area contributed by atoms with E-state index in [1.54, 1.807) is 0 Å². The van der Waals surface area contributed by atoms with Gasteiger partial charge in [-0.05, 0) is 96.3 Å². The van der Waals surface area contributed by atoms with Crippen molar-refractivity contribution in [3.63, 3.8) is 0 Å². The SMILES string of the molecule is CC/C=C\C/C=C\C/C=C\C/C=C\C/C=C\CCCCCC(=O)OCC(COC(=O)CCCCCCCCCCC/C=C\C/C=C\CCCCCCC)OC(=O)CCCCCCCCCCCCCCCCCCCCCCC. The summed E-state index contributed by atoms with van der Waals surface area (Å²) in [6.45, 7) is 6.54. The Bertz CT molecular complexity index is 1500. The van der Waals surface area contributed by atoms with E-state index >= 15 is 0 Å². The van der Waals surface area contributed by atoms with Gasteiger partial charge in [0.2, 0.25) is 0 Å². The van der Waals surface area contributed by atoms with E-state index in [9.17, 15) is 14.4 Å². The fraction of sp³-hybridized carbons (Fsp3) is 0.767. The average molecular weight is 1100 g/mol. The van der Waals surface area contributed by atoms with Gasteiger partial charge in [0.05, 0.1) is 0 Å². The molecule has 0 aromatic carbocycles. The molecule has 0 saturated heterocycles. The van der Waals surface area contributed by atoms with Gasteiger partial charge in [-0.3, -0.25) is 14.4 Å². The van der Waals surface area contributed by atoms with Crippen LogP contribution < -0.4 is 0 Å². The molecule has 0 aliphatic heterocycles. The Morgan fingerprint density at radius 1 is 0.266 bits per heavy atom. The first-order valence-corrected chi connectivity index (χ1v) is 34.1. The van der Waals surface area contributed by atoms with Crippen LogP contribution in [0.1, 0.15) is 342 Å². The molecule has 6 heteroatoms. The minimum Gasteiger partial charge on any atom is -0.462 e. The van der Waals surface area contributed by atoms with Crippen LogP contribution in [0.3, 0.4) is 0 Å². The minimum absolute atomic E-state index is 0.0868. The zero-order chi connectivity index (χ0) is 57.1. The second-order valence-electron chi connectivity index (χ2n) is 22.7. The van der Waals surface area contributed by atoms with E-state index in [2.05, 4.69) is 106 Å². The van der Waals surface area contributed by atoms with Crippen LogP contribution in [0.2, 0.25) is 0 Å². The first-order chi connectivity index (χ1) is 39.0. The zero-order valence-corrected chi connectivity index (χ0v) is 52.4. The topological polar surface area (TPSA) is 78.9 Å².